The number of hydrogen-bond donors (Lipinski definition) is 7. The van der Waals surface area contributed by atoms with E-state index < -0.39 is 71.5 Å². The molecule has 32 heavy (non-hydrogen) atoms. The topological polar surface area (TPSA) is 264 Å². The summed E-state index contributed by atoms with van der Waals surface area (Å²) in [5.41, 5.74) is -4.82. The van der Waals surface area contributed by atoms with Crippen LogP contribution in [-0.4, -0.2) is 69.9 Å². The van der Waals surface area contributed by atoms with Crippen molar-refractivity contribution in [3.8, 4) is 0 Å². The Morgan fingerprint density at radius 3 is 2.31 bits per heavy atom. The molecule has 2 heterocycles. The van der Waals surface area contributed by atoms with E-state index in [2.05, 4.69) is 13.1 Å². The molecule has 1 saturated heterocycles. The maximum atomic E-state index is 13.6. The van der Waals surface area contributed by atoms with Gasteiger partial charge in [-0.2, -0.15) is 8.62 Å². The number of aliphatic hydroxyl groups is 2. The maximum absolute atomic E-state index is 13.6. The summed E-state index contributed by atoms with van der Waals surface area (Å²) < 4.78 is 64.9. The van der Waals surface area contributed by atoms with Gasteiger partial charge in [-0.15, -0.1) is 0 Å². The number of H-pyrrole nitrogens is 1. The first kappa shape index (κ1) is 27.1. The van der Waals surface area contributed by atoms with Gasteiger partial charge in [-0.05, 0) is 6.92 Å². The van der Waals surface area contributed by atoms with Gasteiger partial charge in [0.2, 0.25) is 0 Å². The largest absolute Gasteiger partial charge is 0.490 e. The highest BCUT2D eigenvalue weighted by molar-refractivity contribution is 7.66. The quantitative estimate of drug-likeness (QED) is 0.174. The predicted molar refractivity (Wildman–Crippen MR) is 96.6 cm³/mol. The van der Waals surface area contributed by atoms with Crippen LogP contribution in [0.5, 0.6) is 0 Å². The van der Waals surface area contributed by atoms with Crippen molar-refractivity contribution >= 4 is 23.5 Å². The number of nitrogens with one attached hydrogen (secondary N) is 1. The molecule has 17 nitrogen and oxygen atoms in total. The average molecular weight is 530 g/mol. The molecule has 0 aromatic carbocycles. The van der Waals surface area contributed by atoms with E-state index in [0.717, 1.165) is 19.2 Å². The Labute approximate surface area is 176 Å². The number of aromatic nitrogens is 2. The molecule has 0 amide bonds. The van der Waals surface area contributed by atoms with E-state index in [1.165, 1.54) is 0 Å². The number of phosphoric ester groups is 1. The van der Waals surface area contributed by atoms with E-state index in [-0.39, 0.29) is 0 Å². The Morgan fingerprint density at radius 2 is 1.81 bits per heavy atom. The van der Waals surface area contributed by atoms with Crippen molar-refractivity contribution in [2.45, 2.75) is 37.1 Å². The van der Waals surface area contributed by atoms with Crippen molar-refractivity contribution in [1.29, 1.82) is 0 Å². The minimum atomic E-state index is -5.83. The summed E-state index contributed by atoms with van der Waals surface area (Å²) in [5.74, 6) is 0. The highest BCUT2D eigenvalue weighted by Gasteiger charge is 2.59. The van der Waals surface area contributed by atoms with Crippen molar-refractivity contribution in [3.63, 3.8) is 0 Å². The van der Waals surface area contributed by atoms with Gasteiger partial charge in [-0.3, -0.25) is 18.9 Å². The normalized spacial score (nSPS) is 31.1. The Morgan fingerprint density at radius 1 is 1.22 bits per heavy atom. The monoisotopic (exact) mass is 530 g/mol. The standard InChI is InChI=1S/C11H18FN2O15P3/c1-5(27-31(22,23)29-32(24,25)28-30(19,20)21)7-8(16)11(18,4-12)9(26-7)14-3-2-6(15)13-10(14)17/h2-3,5,7-9,16,18H,4H2,1H3,(H,22,23)(H,24,25)(H,13,15,17)(H2,19,20,21)/t5-,7-,8+,9-,11?/m1/s1. The van der Waals surface area contributed by atoms with Crippen molar-refractivity contribution in [2.75, 3.05) is 6.67 Å². The summed E-state index contributed by atoms with van der Waals surface area (Å²) in [6.45, 7) is -0.800. The number of ether oxygens (including phenoxy) is 1. The lowest BCUT2D eigenvalue weighted by Gasteiger charge is -2.29. The van der Waals surface area contributed by atoms with Crippen LogP contribution in [0.15, 0.2) is 21.9 Å². The molecule has 0 bridgehead atoms. The van der Waals surface area contributed by atoms with Crippen molar-refractivity contribution in [2.24, 2.45) is 0 Å². The molecular weight excluding hydrogens is 512 g/mol. The highest BCUT2D eigenvalue weighted by atomic mass is 31.3. The van der Waals surface area contributed by atoms with E-state index in [0.29, 0.717) is 4.57 Å². The number of phosphoric acid groups is 3. The van der Waals surface area contributed by atoms with E-state index in [1.54, 1.807) is 4.98 Å². The number of hydrogen-bond acceptors (Lipinski definition) is 11. The van der Waals surface area contributed by atoms with Crippen LogP contribution >= 0.6 is 23.5 Å². The Hall–Kier alpha value is -1.10. The van der Waals surface area contributed by atoms with Crippen LogP contribution < -0.4 is 11.2 Å². The summed E-state index contributed by atoms with van der Waals surface area (Å²) in [4.78, 5) is 60.7. The summed E-state index contributed by atoms with van der Waals surface area (Å²) >= 11 is 0. The van der Waals surface area contributed by atoms with E-state index in [9.17, 15) is 42.8 Å². The lowest BCUT2D eigenvalue weighted by molar-refractivity contribution is -0.122. The molecule has 1 aliphatic heterocycles. The number of halogens is 1. The van der Waals surface area contributed by atoms with Crippen LogP contribution in [0, 0.1) is 0 Å². The predicted octanol–water partition coefficient (Wildman–Crippen LogP) is -1.77. The van der Waals surface area contributed by atoms with Crippen LogP contribution in [0.4, 0.5) is 4.39 Å². The molecule has 0 spiro atoms. The van der Waals surface area contributed by atoms with Crippen molar-refractivity contribution < 1.29 is 65.8 Å². The molecule has 1 aliphatic rings. The lowest BCUT2D eigenvalue weighted by Crippen LogP contribution is -2.51. The zero-order valence-corrected chi connectivity index (χ0v) is 18.4. The molecule has 1 aromatic rings. The van der Waals surface area contributed by atoms with Crippen LogP contribution in [0.3, 0.4) is 0 Å². The average Bonchev–Trinajstić information content (AvgIpc) is 2.84. The molecule has 7 atom stereocenters. The van der Waals surface area contributed by atoms with Crippen LogP contribution in [-0.2, 0) is 31.6 Å². The van der Waals surface area contributed by atoms with Gasteiger partial charge in [0.05, 0.1) is 6.10 Å². The van der Waals surface area contributed by atoms with Crippen LogP contribution in [0.25, 0.3) is 0 Å². The SMILES string of the molecule is C[C@@H](OP(=O)(O)OP(=O)(O)OP(=O)(O)O)[C@H]1O[C@@H](n2ccc(=O)[nH]c2=O)C(O)(CF)[C@H]1O. The Balaban J connectivity index is 2.26. The minimum Gasteiger partial charge on any atom is -0.387 e. The van der Waals surface area contributed by atoms with Crippen molar-refractivity contribution in [3.05, 3.63) is 33.1 Å². The van der Waals surface area contributed by atoms with E-state index in [4.69, 9.17) is 19.4 Å². The molecule has 0 radical (unpaired) electrons. The van der Waals surface area contributed by atoms with Gasteiger partial charge in [0, 0.05) is 12.3 Å². The van der Waals surface area contributed by atoms with Gasteiger partial charge in [-0.1, -0.05) is 0 Å². The molecule has 1 aromatic heterocycles. The second kappa shape index (κ2) is 9.27. The molecule has 21 heteroatoms. The second-order valence-electron chi connectivity index (χ2n) is 6.44. The molecule has 3 unspecified atom stereocenters. The third-order valence-electron chi connectivity index (χ3n) is 4.03. The molecule has 1 fully saturated rings. The fourth-order valence-corrected chi connectivity index (χ4v) is 5.97. The third-order valence-corrected chi connectivity index (χ3v) is 7.96. The molecule has 7 N–H and O–H groups in total. The number of alkyl halides is 1. The first-order chi connectivity index (χ1) is 14.4. The first-order valence-electron chi connectivity index (χ1n) is 8.16. The number of nitrogens with zero attached hydrogens (tertiary/aromatic N) is 1. The van der Waals surface area contributed by atoms with Crippen LogP contribution in [0.2, 0.25) is 0 Å². The van der Waals surface area contributed by atoms with Gasteiger partial charge >= 0.3 is 29.2 Å². The summed E-state index contributed by atoms with van der Waals surface area (Å²) in [6.07, 6.45) is -7.08. The smallest absolute Gasteiger partial charge is 0.387 e. The van der Waals surface area contributed by atoms with E-state index >= 15 is 0 Å². The maximum Gasteiger partial charge on any atom is 0.490 e. The van der Waals surface area contributed by atoms with Gasteiger partial charge in [0.15, 0.2) is 11.8 Å². The molecule has 0 aliphatic carbocycles. The Kier molecular flexibility index (Phi) is 7.87. The first-order valence-corrected chi connectivity index (χ1v) is 12.7. The van der Waals surface area contributed by atoms with Crippen molar-refractivity contribution in [1.82, 2.24) is 9.55 Å². The second-order valence-corrected chi connectivity index (χ2v) is 10.8. The summed E-state index contributed by atoms with van der Waals surface area (Å²) in [7, 11) is -17.1. The highest BCUT2D eigenvalue weighted by Crippen LogP contribution is 2.66. The van der Waals surface area contributed by atoms with E-state index in [1.807, 2.05) is 0 Å². The lowest BCUT2D eigenvalue weighted by atomic mass is 9.93. The molecule has 184 valence electrons. The zero-order valence-electron chi connectivity index (χ0n) is 15.7. The molecular formula is C11H18FN2O15P3. The van der Waals surface area contributed by atoms with Crippen LogP contribution in [0.1, 0.15) is 13.2 Å². The third kappa shape index (κ3) is 6.27. The fraction of sp³-hybridized carbons (Fsp3) is 0.636. The van der Waals surface area contributed by atoms with Gasteiger partial charge < -0.3 is 34.5 Å². The summed E-state index contributed by atoms with van der Waals surface area (Å²) in [5, 5.41) is 20.8. The number of rotatable bonds is 9. The summed E-state index contributed by atoms with van der Waals surface area (Å²) in [6, 6.07) is 0.818. The Bertz CT molecular complexity index is 1100. The van der Waals surface area contributed by atoms with Gasteiger partial charge in [0.25, 0.3) is 5.56 Å². The zero-order chi connectivity index (χ0) is 24.7. The number of aliphatic hydroxyl groups excluding tert-OH is 1. The number of aromatic amines is 1. The van der Waals surface area contributed by atoms with Gasteiger partial charge in [-0.25, -0.2) is 22.9 Å². The molecule has 2 rings (SSSR count). The fourth-order valence-electron chi connectivity index (χ4n) is 2.77. The minimum absolute atomic E-state index is 0.516. The molecule has 0 saturated carbocycles. The van der Waals surface area contributed by atoms with Gasteiger partial charge in [0.1, 0.15) is 18.9 Å².